The average Bonchev–Trinajstić information content (AvgIpc) is 2.54. The van der Waals surface area contributed by atoms with Gasteiger partial charge in [0.15, 0.2) is 5.75 Å². The minimum Gasteiger partial charge on any atom is -0.492 e. The Morgan fingerprint density at radius 2 is 2.00 bits per heavy atom. The number of fused-ring (bicyclic) bond motifs is 1. The predicted octanol–water partition coefficient (Wildman–Crippen LogP) is 4.32. The van der Waals surface area contributed by atoms with Crippen molar-refractivity contribution in [3.05, 3.63) is 40.8 Å². The van der Waals surface area contributed by atoms with E-state index in [9.17, 15) is 4.79 Å². The van der Waals surface area contributed by atoms with Gasteiger partial charge in [-0.05, 0) is 38.8 Å². The van der Waals surface area contributed by atoms with Crippen molar-refractivity contribution in [2.75, 3.05) is 13.7 Å². The van der Waals surface area contributed by atoms with Crippen LogP contribution in [0.5, 0.6) is 17.2 Å². The zero-order valence-electron chi connectivity index (χ0n) is 14.6. The van der Waals surface area contributed by atoms with Crippen molar-refractivity contribution in [3.8, 4) is 17.2 Å². The van der Waals surface area contributed by atoms with Crippen LogP contribution in [0, 0.1) is 0 Å². The highest BCUT2D eigenvalue weighted by molar-refractivity contribution is 5.91. The van der Waals surface area contributed by atoms with E-state index in [1.165, 1.54) is 7.11 Å². The molecule has 0 saturated heterocycles. The van der Waals surface area contributed by atoms with Gasteiger partial charge in [0, 0.05) is 0 Å². The molecular formula is C19H24O5. The van der Waals surface area contributed by atoms with Crippen LogP contribution < -0.4 is 19.8 Å². The fourth-order valence-electron chi connectivity index (χ4n) is 2.34. The number of rotatable bonds is 8. The van der Waals surface area contributed by atoms with Crippen LogP contribution in [0.4, 0.5) is 0 Å². The first kappa shape index (κ1) is 17.9. The van der Waals surface area contributed by atoms with Crippen molar-refractivity contribution in [1.29, 1.82) is 0 Å². The standard InChI is InChI=1S/C19H24O5/c1-5-6-7-8-12-22-14-10-9-11-15-16(14)17(23-13(2)3)18(21-4)19(20)24-15/h6-7,9-11,13H,5,8,12H2,1-4H3/b7-6+. The lowest BCUT2D eigenvalue weighted by Crippen LogP contribution is -2.12. The number of allylic oxidation sites excluding steroid dienone is 1. The molecule has 0 unspecified atom stereocenters. The maximum absolute atomic E-state index is 12.1. The first-order valence-corrected chi connectivity index (χ1v) is 8.16. The van der Waals surface area contributed by atoms with E-state index in [4.69, 9.17) is 18.6 Å². The second kappa shape index (κ2) is 8.43. The Balaban J connectivity index is 2.47. The van der Waals surface area contributed by atoms with Gasteiger partial charge in [0.2, 0.25) is 5.75 Å². The van der Waals surface area contributed by atoms with Crippen molar-refractivity contribution in [1.82, 2.24) is 0 Å². The van der Waals surface area contributed by atoms with Gasteiger partial charge in [-0.1, -0.05) is 25.1 Å². The largest absolute Gasteiger partial charge is 0.492 e. The molecule has 0 fully saturated rings. The van der Waals surface area contributed by atoms with Crippen LogP contribution in [0.1, 0.15) is 33.6 Å². The molecule has 0 bridgehead atoms. The van der Waals surface area contributed by atoms with E-state index in [0.29, 0.717) is 29.1 Å². The van der Waals surface area contributed by atoms with Gasteiger partial charge >= 0.3 is 5.63 Å². The number of methoxy groups -OCH3 is 1. The van der Waals surface area contributed by atoms with Gasteiger partial charge in [0.25, 0.3) is 0 Å². The molecule has 5 nitrogen and oxygen atoms in total. The minimum absolute atomic E-state index is 0.0538. The van der Waals surface area contributed by atoms with E-state index in [2.05, 4.69) is 19.1 Å². The van der Waals surface area contributed by atoms with Crippen LogP contribution in [0.2, 0.25) is 0 Å². The summed E-state index contributed by atoms with van der Waals surface area (Å²) in [7, 11) is 1.42. The molecule has 0 N–H and O–H groups in total. The Labute approximate surface area is 141 Å². The van der Waals surface area contributed by atoms with Gasteiger partial charge in [0.1, 0.15) is 16.7 Å². The lowest BCUT2D eigenvalue weighted by molar-refractivity contribution is 0.228. The molecule has 0 radical (unpaired) electrons. The van der Waals surface area contributed by atoms with Gasteiger partial charge in [-0.2, -0.15) is 0 Å². The first-order chi connectivity index (χ1) is 11.6. The first-order valence-electron chi connectivity index (χ1n) is 8.16. The van der Waals surface area contributed by atoms with E-state index in [1.807, 2.05) is 19.9 Å². The predicted molar refractivity (Wildman–Crippen MR) is 94.3 cm³/mol. The highest BCUT2D eigenvalue weighted by Gasteiger charge is 2.21. The summed E-state index contributed by atoms with van der Waals surface area (Å²) in [4.78, 5) is 12.1. The quantitative estimate of drug-likeness (QED) is 0.409. The molecule has 0 spiro atoms. The van der Waals surface area contributed by atoms with Gasteiger partial charge in [-0.15, -0.1) is 0 Å². The van der Waals surface area contributed by atoms with Crippen molar-refractivity contribution < 1.29 is 18.6 Å². The van der Waals surface area contributed by atoms with Crippen LogP contribution >= 0.6 is 0 Å². The van der Waals surface area contributed by atoms with E-state index in [0.717, 1.165) is 12.8 Å². The molecule has 0 aliphatic carbocycles. The van der Waals surface area contributed by atoms with Crippen LogP contribution in [0.25, 0.3) is 11.0 Å². The number of benzene rings is 1. The molecule has 5 heteroatoms. The van der Waals surface area contributed by atoms with Crippen LogP contribution in [-0.2, 0) is 0 Å². The van der Waals surface area contributed by atoms with E-state index in [-0.39, 0.29) is 11.9 Å². The summed E-state index contributed by atoms with van der Waals surface area (Å²) in [5.41, 5.74) is -0.151. The van der Waals surface area contributed by atoms with Gasteiger partial charge < -0.3 is 18.6 Å². The van der Waals surface area contributed by atoms with Crippen molar-refractivity contribution in [2.24, 2.45) is 0 Å². The summed E-state index contributed by atoms with van der Waals surface area (Å²) in [6.45, 7) is 6.39. The van der Waals surface area contributed by atoms with Crippen LogP contribution in [0.15, 0.2) is 39.6 Å². The van der Waals surface area contributed by atoms with E-state index in [1.54, 1.807) is 12.1 Å². The van der Waals surface area contributed by atoms with Crippen molar-refractivity contribution in [2.45, 2.75) is 39.7 Å². The monoisotopic (exact) mass is 332 g/mol. The number of hydrogen-bond donors (Lipinski definition) is 0. The maximum Gasteiger partial charge on any atom is 0.383 e. The number of ether oxygens (including phenoxy) is 3. The summed E-state index contributed by atoms with van der Waals surface area (Å²) in [6, 6.07) is 5.33. The molecule has 24 heavy (non-hydrogen) atoms. The molecule has 2 rings (SSSR count). The smallest absolute Gasteiger partial charge is 0.383 e. The summed E-state index contributed by atoms with van der Waals surface area (Å²) in [6.07, 6.45) is 5.87. The number of hydrogen-bond acceptors (Lipinski definition) is 5. The Hall–Kier alpha value is -2.43. The third-order valence-corrected chi connectivity index (χ3v) is 3.31. The molecule has 0 aliphatic rings. The summed E-state index contributed by atoms with van der Waals surface area (Å²) in [5, 5.41) is 0.613. The van der Waals surface area contributed by atoms with Gasteiger partial charge in [-0.3, -0.25) is 0 Å². The Morgan fingerprint density at radius 3 is 2.67 bits per heavy atom. The summed E-state index contributed by atoms with van der Waals surface area (Å²) in [5.74, 6) is 1.02. The zero-order chi connectivity index (χ0) is 17.5. The molecule has 1 aromatic carbocycles. The molecular weight excluding hydrogens is 308 g/mol. The topological polar surface area (TPSA) is 57.9 Å². The SMILES string of the molecule is CC/C=C/CCOc1cccc2oc(=O)c(OC)c(OC(C)C)c12. The van der Waals surface area contributed by atoms with E-state index >= 15 is 0 Å². The van der Waals surface area contributed by atoms with Crippen LogP contribution in [0.3, 0.4) is 0 Å². The Kier molecular flexibility index (Phi) is 6.29. The third-order valence-electron chi connectivity index (χ3n) is 3.31. The van der Waals surface area contributed by atoms with Crippen molar-refractivity contribution in [3.63, 3.8) is 0 Å². The molecule has 0 amide bonds. The highest BCUT2D eigenvalue weighted by atomic mass is 16.5. The molecule has 0 saturated carbocycles. The summed E-state index contributed by atoms with van der Waals surface area (Å²) < 4.78 is 22.3. The third kappa shape index (κ3) is 4.10. The second-order valence-electron chi connectivity index (χ2n) is 5.56. The minimum atomic E-state index is -0.566. The Bertz CT molecular complexity index is 758. The van der Waals surface area contributed by atoms with Crippen molar-refractivity contribution >= 4 is 11.0 Å². The second-order valence-corrected chi connectivity index (χ2v) is 5.56. The molecule has 130 valence electrons. The zero-order valence-corrected chi connectivity index (χ0v) is 14.6. The van der Waals surface area contributed by atoms with Gasteiger partial charge in [0.05, 0.1) is 19.8 Å². The van der Waals surface area contributed by atoms with Gasteiger partial charge in [-0.25, -0.2) is 4.79 Å². The maximum atomic E-state index is 12.1. The molecule has 1 aromatic heterocycles. The normalized spacial score (nSPS) is 11.4. The molecule has 0 aliphatic heterocycles. The fraction of sp³-hybridized carbons (Fsp3) is 0.421. The lowest BCUT2D eigenvalue weighted by Gasteiger charge is -2.16. The molecule has 0 atom stereocenters. The lowest BCUT2D eigenvalue weighted by atomic mass is 10.2. The average molecular weight is 332 g/mol. The fourth-order valence-corrected chi connectivity index (χ4v) is 2.34. The van der Waals surface area contributed by atoms with E-state index < -0.39 is 5.63 Å². The Morgan fingerprint density at radius 1 is 1.21 bits per heavy atom. The summed E-state index contributed by atoms with van der Waals surface area (Å²) >= 11 is 0. The molecule has 1 heterocycles. The van der Waals surface area contributed by atoms with Crippen LogP contribution in [-0.4, -0.2) is 19.8 Å². The molecule has 2 aromatic rings. The highest BCUT2D eigenvalue weighted by Crippen LogP contribution is 2.39.